The van der Waals surface area contributed by atoms with Crippen LogP contribution in [0.15, 0.2) is 0 Å². The molecule has 17 rings (SSSR count). The molecule has 0 aromatic heterocycles. The molecule has 0 amide bonds. The fraction of sp³-hybridized carbons (Fsp3) is 1.00. The van der Waals surface area contributed by atoms with Gasteiger partial charge in [0, 0.05) is 54.4 Å². The van der Waals surface area contributed by atoms with E-state index in [0.29, 0.717) is 16.2 Å². The highest BCUT2D eigenvalue weighted by atomic mass is 15.3. The van der Waals surface area contributed by atoms with Crippen molar-refractivity contribution in [1.29, 1.82) is 0 Å². The first-order valence-corrected chi connectivity index (χ1v) is 43.8. The molecule has 0 aromatic rings. The van der Waals surface area contributed by atoms with Crippen LogP contribution in [0.5, 0.6) is 0 Å². The highest BCUT2D eigenvalue weighted by Gasteiger charge is 2.68. The van der Waals surface area contributed by atoms with Gasteiger partial charge in [0.1, 0.15) is 0 Å². The summed E-state index contributed by atoms with van der Waals surface area (Å²) in [7, 11) is 0. The van der Waals surface area contributed by atoms with E-state index in [1.54, 1.807) is 212 Å². The molecule has 0 aromatic carbocycles. The Hall–Kier alpha value is -0.0551. The molecule has 14 saturated carbocycles. The summed E-state index contributed by atoms with van der Waals surface area (Å²) in [6, 6.07) is 7.89. The Morgan fingerprint density at radius 2 is 0.620 bits per heavy atom. The SMILES string of the molecule is CC(C)(C)C1CCC(C2CC3C4B(C5CCC(C6CC7CC(C(C)(C)C)CC8CCC9CC(C(C)(C)C)CC6C9C87)CC5N3C3CCC(C5CCCCC5)CC3)C3CCC(N5C6CCCCC6C6CCCCC65)CC3N(C3CCC(C5CCCCC5)CC3)C4C2)CC1. The van der Waals surface area contributed by atoms with Crippen LogP contribution in [-0.4, -0.2) is 75.8 Å². The monoisotopic (exact) mass is 1260 g/mol. The number of hydrogen-bond acceptors (Lipinski definition) is 3. The third kappa shape index (κ3) is 11.9. The maximum atomic E-state index is 3.77. The first kappa shape index (κ1) is 65.3. The lowest BCUT2D eigenvalue weighted by Crippen LogP contribution is -2.75. The fourth-order valence-electron chi connectivity index (χ4n) is 32.6. The van der Waals surface area contributed by atoms with Crippen LogP contribution >= 0.6 is 0 Å². The van der Waals surface area contributed by atoms with Gasteiger partial charge in [-0.15, -0.1) is 0 Å². The number of hydrogen-bond donors (Lipinski definition) is 0. The van der Waals surface area contributed by atoms with Crippen molar-refractivity contribution in [2.75, 3.05) is 0 Å². The van der Waals surface area contributed by atoms with Crippen molar-refractivity contribution in [2.45, 2.75) is 423 Å². The molecule has 23 atom stereocenters. The summed E-state index contributed by atoms with van der Waals surface area (Å²) in [5.41, 5.74) is 1.36. The van der Waals surface area contributed by atoms with Gasteiger partial charge < -0.3 is 0 Å². The zero-order valence-electron chi connectivity index (χ0n) is 62.1. The maximum absolute atomic E-state index is 3.77. The molecule has 3 saturated heterocycles. The van der Waals surface area contributed by atoms with Crippen molar-refractivity contribution < 1.29 is 0 Å². The number of rotatable bonds is 7. The van der Waals surface area contributed by atoms with Gasteiger partial charge in [-0.3, -0.25) is 14.7 Å². The van der Waals surface area contributed by atoms with Gasteiger partial charge in [0.05, 0.1) is 0 Å². The van der Waals surface area contributed by atoms with E-state index in [4.69, 9.17) is 0 Å². The van der Waals surface area contributed by atoms with Crippen LogP contribution in [-0.2, 0) is 0 Å². The van der Waals surface area contributed by atoms with E-state index >= 15 is 0 Å². The molecule has 23 unspecified atom stereocenters. The average molecular weight is 1260 g/mol. The molecule has 92 heavy (non-hydrogen) atoms. The first-order valence-electron chi connectivity index (χ1n) is 43.8. The largest absolute Gasteiger partial charge is 0.295 e. The third-order valence-corrected chi connectivity index (χ3v) is 36.6. The van der Waals surface area contributed by atoms with E-state index in [9.17, 15) is 0 Å². The third-order valence-electron chi connectivity index (χ3n) is 36.6. The molecule has 17 aliphatic rings. The summed E-state index contributed by atoms with van der Waals surface area (Å²) < 4.78 is 0. The van der Waals surface area contributed by atoms with Crippen LogP contribution < -0.4 is 0 Å². The van der Waals surface area contributed by atoms with Crippen molar-refractivity contribution >= 4 is 6.71 Å². The minimum absolute atomic E-state index is 0.445. The molecule has 518 valence electrons. The Morgan fingerprint density at radius 1 is 0.228 bits per heavy atom. The Kier molecular flexibility index (Phi) is 18.5. The average Bonchev–Trinajstić information content (AvgIpc) is 0.811. The van der Waals surface area contributed by atoms with Crippen LogP contribution in [0.1, 0.15) is 351 Å². The van der Waals surface area contributed by atoms with Gasteiger partial charge in [0.2, 0.25) is 0 Å². The van der Waals surface area contributed by atoms with Gasteiger partial charge in [-0.2, -0.15) is 0 Å². The van der Waals surface area contributed by atoms with E-state index in [0.717, 1.165) is 191 Å². The van der Waals surface area contributed by atoms with Crippen LogP contribution in [0.4, 0.5) is 0 Å². The molecule has 0 spiro atoms. The number of fused-ring (bicyclic) bond motifs is 7. The highest BCUT2D eigenvalue weighted by Crippen LogP contribution is 2.70. The van der Waals surface area contributed by atoms with Crippen molar-refractivity contribution in [3.05, 3.63) is 0 Å². The Labute approximate surface area is 569 Å². The van der Waals surface area contributed by atoms with E-state index in [-0.39, 0.29) is 0 Å². The lowest BCUT2D eigenvalue weighted by atomic mass is 9.18. The molecule has 3 nitrogen and oxygen atoms in total. The van der Waals surface area contributed by atoms with Gasteiger partial charge in [0.25, 0.3) is 0 Å². The Bertz CT molecular complexity index is 2420. The molecule has 0 radical (unpaired) electrons. The minimum Gasteiger partial charge on any atom is -0.295 e. The lowest BCUT2D eigenvalue weighted by Gasteiger charge is -2.71. The van der Waals surface area contributed by atoms with Crippen LogP contribution in [0.3, 0.4) is 0 Å². The van der Waals surface area contributed by atoms with Gasteiger partial charge in [-0.25, -0.2) is 0 Å². The Morgan fingerprint density at radius 3 is 1.16 bits per heavy atom. The standard InChI is InChI=1S/C88H148BN3/c1-86(2,3)65-37-30-59(31-38-65)63-51-81-85-82(52-63)91(69-41-34-58(35-42-69)56-22-14-11-15-23-56)80-54-70(92-77-26-18-16-24-71(77)72-25-17-19-27-78(72)92)43-45-76(80)89(85)75-44-36-60(50-79(75)90(81)68-39-32-57(33-40-68)55-20-12-10-13-21-55)73-49-64-48-66(87(4,5)6)46-61-28-29-62-47-67(88(7,8)9)53-74(73)84(62)83(61)64/h55-85H,10-54H2,1-9H3. The van der Waals surface area contributed by atoms with Crippen molar-refractivity contribution in [3.63, 3.8) is 0 Å². The van der Waals surface area contributed by atoms with Crippen LogP contribution in [0, 0.1) is 129 Å². The van der Waals surface area contributed by atoms with Crippen LogP contribution in [0.2, 0.25) is 17.5 Å². The van der Waals surface area contributed by atoms with Crippen molar-refractivity contribution in [1.82, 2.24) is 14.7 Å². The predicted molar refractivity (Wildman–Crippen MR) is 389 cm³/mol. The maximum Gasteiger partial charge on any atom is 0.156 e. The summed E-state index contributed by atoms with van der Waals surface area (Å²) >= 11 is 0. The lowest BCUT2D eigenvalue weighted by molar-refractivity contribution is -0.155. The van der Waals surface area contributed by atoms with Crippen molar-refractivity contribution in [3.8, 4) is 0 Å². The second-order valence-corrected chi connectivity index (χ2v) is 43.0. The second-order valence-electron chi connectivity index (χ2n) is 43.0. The summed E-state index contributed by atoms with van der Waals surface area (Å²) in [5, 5.41) is 0. The molecular formula is C88H148BN3. The number of nitrogens with zero attached hydrogens (tertiary/aromatic N) is 3. The molecule has 4 heteroatoms. The molecule has 3 aliphatic heterocycles. The summed E-state index contributed by atoms with van der Waals surface area (Å²) in [6.45, 7) is 25.0. The highest BCUT2D eigenvalue weighted by molar-refractivity contribution is 6.65. The van der Waals surface area contributed by atoms with Gasteiger partial charge in [0.15, 0.2) is 6.71 Å². The van der Waals surface area contributed by atoms with Gasteiger partial charge in [-0.1, -0.05) is 171 Å². The smallest absolute Gasteiger partial charge is 0.156 e. The zero-order valence-corrected chi connectivity index (χ0v) is 62.1. The van der Waals surface area contributed by atoms with Crippen LogP contribution in [0.25, 0.3) is 0 Å². The summed E-state index contributed by atoms with van der Waals surface area (Å²) in [4.78, 5) is 11.0. The molecule has 0 N–H and O–H groups in total. The zero-order chi connectivity index (χ0) is 62.5. The molecule has 3 heterocycles. The van der Waals surface area contributed by atoms with E-state index < -0.39 is 0 Å². The van der Waals surface area contributed by atoms with E-state index in [2.05, 4.69) is 77.0 Å². The first-order chi connectivity index (χ1) is 44.5. The normalized spacial score (nSPS) is 51.0. The quantitative estimate of drug-likeness (QED) is 0.235. The topological polar surface area (TPSA) is 9.72 Å². The Balaban J connectivity index is 0.762. The summed E-state index contributed by atoms with van der Waals surface area (Å²) in [6.07, 6.45) is 70.7. The molecule has 0 bridgehead atoms. The minimum atomic E-state index is 0.445. The number of likely N-dealkylation sites (tertiary alicyclic amines) is 1. The summed E-state index contributed by atoms with van der Waals surface area (Å²) in [5.74, 6) is 22.1. The van der Waals surface area contributed by atoms with Crippen molar-refractivity contribution in [2.24, 2.45) is 129 Å². The van der Waals surface area contributed by atoms with E-state index in [1.807, 2.05) is 0 Å². The molecular weight excluding hydrogens is 1110 g/mol. The van der Waals surface area contributed by atoms with Gasteiger partial charge >= 0.3 is 0 Å². The van der Waals surface area contributed by atoms with E-state index in [1.165, 1.54) is 77.0 Å². The fourth-order valence-corrected chi connectivity index (χ4v) is 32.6. The molecule has 17 fully saturated rings. The predicted octanol–water partition coefficient (Wildman–Crippen LogP) is 23.4. The van der Waals surface area contributed by atoms with Gasteiger partial charge in [-0.05, 0) is 326 Å². The molecule has 14 aliphatic carbocycles. The second kappa shape index (κ2) is 26.1.